The molecule has 134 valence electrons. The van der Waals surface area contributed by atoms with Gasteiger partial charge in [-0.25, -0.2) is 23.1 Å². The second-order valence-corrected chi connectivity index (χ2v) is 5.44. The SMILES string of the molecule is Cc1cc(C)n2nc(C(=O)OCC(=O)Nc3ccc(F)c(F)c3)nc2n1. The fourth-order valence-electron chi connectivity index (χ4n) is 2.22. The Morgan fingerprint density at radius 1 is 1.15 bits per heavy atom. The summed E-state index contributed by atoms with van der Waals surface area (Å²) in [4.78, 5) is 31.8. The maximum absolute atomic E-state index is 13.1. The molecule has 3 aromatic rings. The van der Waals surface area contributed by atoms with E-state index in [1.807, 2.05) is 0 Å². The van der Waals surface area contributed by atoms with Crippen molar-refractivity contribution in [2.45, 2.75) is 13.8 Å². The molecule has 0 saturated carbocycles. The summed E-state index contributed by atoms with van der Waals surface area (Å²) in [5.74, 6) is -3.78. The number of rotatable bonds is 4. The summed E-state index contributed by atoms with van der Waals surface area (Å²) in [7, 11) is 0. The van der Waals surface area contributed by atoms with Gasteiger partial charge in [0.1, 0.15) is 0 Å². The van der Waals surface area contributed by atoms with E-state index in [0.29, 0.717) is 5.69 Å². The molecule has 0 spiro atoms. The number of aryl methyl sites for hydroxylation is 2. The first-order chi connectivity index (χ1) is 12.3. The minimum Gasteiger partial charge on any atom is -0.450 e. The quantitative estimate of drug-likeness (QED) is 0.712. The number of nitrogens with one attached hydrogen (secondary N) is 1. The first-order valence-electron chi connectivity index (χ1n) is 7.46. The Labute approximate surface area is 145 Å². The molecular weight excluding hydrogens is 348 g/mol. The smallest absolute Gasteiger partial charge is 0.378 e. The minimum atomic E-state index is -1.10. The van der Waals surface area contributed by atoms with Crippen LogP contribution in [0.5, 0.6) is 0 Å². The topological polar surface area (TPSA) is 98.5 Å². The number of hydrogen-bond acceptors (Lipinski definition) is 6. The normalized spacial score (nSPS) is 10.8. The summed E-state index contributed by atoms with van der Waals surface area (Å²) < 4.78 is 32.1. The van der Waals surface area contributed by atoms with Gasteiger partial charge in [0.25, 0.3) is 17.5 Å². The third-order valence-corrected chi connectivity index (χ3v) is 3.34. The van der Waals surface area contributed by atoms with E-state index in [0.717, 1.165) is 17.8 Å². The molecule has 1 N–H and O–H groups in total. The second kappa shape index (κ2) is 6.82. The zero-order chi connectivity index (χ0) is 18.8. The zero-order valence-electron chi connectivity index (χ0n) is 13.8. The van der Waals surface area contributed by atoms with E-state index in [9.17, 15) is 18.4 Å². The van der Waals surface area contributed by atoms with Gasteiger partial charge in [-0.3, -0.25) is 4.79 Å². The van der Waals surface area contributed by atoms with Crippen molar-refractivity contribution in [2.24, 2.45) is 0 Å². The van der Waals surface area contributed by atoms with Gasteiger partial charge in [-0.2, -0.15) is 4.98 Å². The predicted molar refractivity (Wildman–Crippen MR) is 85.5 cm³/mol. The van der Waals surface area contributed by atoms with Crippen LogP contribution in [0, 0.1) is 25.5 Å². The van der Waals surface area contributed by atoms with Gasteiger partial charge in [0.2, 0.25) is 0 Å². The zero-order valence-corrected chi connectivity index (χ0v) is 13.8. The molecule has 0 aliphatic rings. The van der Waals surface area contributed by atoms with Crippen LogP contribution in [-0.2, 0) is 9.53 Å². The van der Waals surface area contributed by atoms with Crippen LogP contribution in [0.3, 0.4) is 0 Å². The average Bonchev–Trinajstić information content (AvgIpc) is 3.00. The van der Waals surface area contributed by atoms with Gasteiger partial charge < -0.3 is 10.1 Å². The highest BCUT2D eigenvalue weighted by atomic mass is 19.2. The molecule has 26 heavy (non-hydrogen) atoms. The highest BCUT2D eigenvalue weighted by Crippen LogP contribution is 2.13. The summed E-state index contributed by atoms with van der Waals surface area (Å²) in [6.45, 7) is 2.92. The Morgan fingerprint density at radius 2 is 1.92 bits per heavy atom. The van der Waals surface area contributed by atoms with E-state index < -0.39 is 30.1 Å². The first kappa shape index (κ1) is 17.4. The number of anilines is 1. The van der Waals surface area contributed by atoms with Crippen molar-refractivity contribution in [3.63, 3.8) is 0 Å². The molecule has 8 nitrogen and oxygen atoms in total. The fraction of sp³-hybridized carbons (Fsp3) is 0.188. The van der Waals surface area contributed by atoms with Crippen LogP contribution in [0.25, 0.3) is 5.78 Å². The summed E-state index contributed by atoms with van der Waals surface area (Å²) in [5, 5.41) is 6.26. The minimum absolute atomic E-state index is 0.0334. The highest BCUT2D eigenvalue weighted by Gasteiger charge is 2.18. The molecule has 1 aromatic carbocycles. The molecule has 2 heterocycles. The third-order valence-electron chi connectivity index (χ3n) is 3.34. The van der Waals surface area contributed by atoms with Crippen molar-refractivity contribution in [1.82, 2.24) is 19.6 Å². The van der Waals surface area contributed by atoms with E-state index in [-0.39, 0.29) is 17.3 Å². The molecule has 1 amide bonds. The molecule has 10 heteroatoms. The van der Waals surface area contributed by atoms with Crippen LogP contribution in [0.2, 0.25) is 0 Å². The first-order valence-corrected chi connectivity index (χ1v) is 7.46. The molecule has 0 saturated heterocycles. The Hall–Kier alpha value is -3.43. The molecular formula is C16H13F2N5O3. The number of aromatic nitrogens is 4. The van der Waals surface area contributed by atoms with E-state index in [4.69, 9.17) is 4.74 Å². The van der Waals surface area contributed by atoms with Gasteiger partial charge in [-0.05, 0) is 32.0 Å². The molecule has 0 aliphatic carbocycles. The number of halogens is 2. The van der Waals surface area contributed by atoms with Crippen molar-refractivity contribution < 1.29 is 23.1 Å². The fourth-order valence-corrected chi connectivity index (χ4v) is 2.22. The molecule has 3 rings (SSSR count). The third kappa shape index (κ3) is 3.63. The molecule has 0 aliphatic heterocycles. The largest absolute Gasteiger partial charge is 0.450 e. The lowest BCUT2D eigenvalue weighted by molar-refractivity contribution is -0.119. The van der Waals surface area contributed by atoms with Crippen LogP contribution in [-0.4, -0.2) is 38.1 Å². The van der Waals surface area contributed by atoms with Gasteiger partial charge in [0, 0.05) is 23.1 Å². The lowest BCUT2D eigenvalue weighted by atomic mass is 10.3. The summed E-state index contributed by atoms with van der Waals surface area (Å²) in [6, 6.07) is 4.63. The van der Waals surface area contributed by atoms with Crippen LogP contribution in [0.15, 0.2) is 24.3 Å². The van der Waals surface area contributed by atoms with E-state index in [1.54, 1.807) is 19.9 Å². The lowest BCUT2D eigenvalue weighted by Gasteiger charge is -2.05. The van der Waals surface area contributed by atoms with Crippen molar-refractivity contribution in [2.75, 3.05) is 11.9 Å². The number of ether oxygens (including phenoxy) is 1. The number of hydrogen-bond donors (Lipinski definition) is 1. The molecule has 0 radical (unpaired) electrons. The number of nitrogens with zero attached hydrogens (tertiary/aromatic N) is 4. The van der Waals surface area contributed by atoms with Crippen molar-refractivity contribution >= 4 is 23.3 Å². The highest BCUT2D eigenvalue weighted by molar-refractivity contribution is 5.94. The molecule has 2 aromatic heterocycles. The van der Waals surface area contributed by atoms with Gasteiger partial charge in [0.05, 0.1) is 0 Å². The van der Waals surface area contributed by atoms with Gasteiger partial charge in [0.15, 0.2) is 18.2 Å². The monoisotopic (exact) mass is 361 g/mol. The summed E-state index contributed by atoms with van der Waals surface area (Å²) in [5.41, 5.74) is 1.48. The Balaban J connectivity index is 1.64. The number of esters is 1. The number of amides is 1. The average molecular weight is 361 g/mol. The van der Waals surface area contributed by atoms with Crippen LogP contribution in [0.1, 0.15) is 22.0 Å². The maximum Gasteiger partial charge on any atom is 0.378 e. The summed E-state index contributed by atoms with van der Waals surface area (Å²) in [6.07, 6.45) is 0. The number of carbonyl (C=O) groups is 2. The lowest BCUT2D eigenvalue weighted by Crippen LogP contribution is -2.21. The Bertz CT molecular complexity index is 1020. The van der Waals surface area contributed by atoms with E-state index in [1.165, 1.54) is 10.6 Å². The van der Waals surface area contributed by atoms with Crippen molar-refractivity contribution in [1.29, 1.82) is 0 Å². The molecule has 0 bridgehead atoms. The van der Waals surface area contributed by atoms with Gasteiger partial charge >= 0.3 is 5.97 Å². The maximum atomic E-state index is 13.1. The number of fused-ring (bicyclic) bond motifs is 1. The number of carbonyl (C=O) groups excluding carboxylic acids is 2. The standard InChI is InChI=1S/C16H13F2N5O3/c1-8-5-9(2)23-16(19-8)21-14(22-23)15(25)26-7-13(24)20-10-3-4-11(17)12(18)6-10/h3-6H,7H2,1-2H3,(H,20,24). The summed E-state index contributed by atoms with van der Waals surface area (Å²) >= 11 is 0. The number of benzene rings is 1. The van der Waals surface area contributed by atoms with Gasteiger partial charge in [-0.1, -0.05) is 0 Å². The van der Waals surface area contributed by atoms with Crippen LogP contribution >= 0.6 is 0 Å². The Morgan fingerprint density at radius 3 is 2.65 bits per heavy atom. The van der Waals surface area contributed by atoms with Crippen LogP contribution in [0.4, 0.5) is 14.5 Å². The molecule has 0 atom stereocenters. The second-order valence-electron chi connectivity index (χ2n) is 5.44. The Kier molecular flexibility index (Phi) is 4.57. The van der Waals surface area contributed by atoms with E-state index in [2.05, 4.69) is 20.4 Å². The molecule has 0 fully saturated rings. The van der Waals surface area contributed by atoms with E-state index >= 15 is 0 Å². The van der Waals surface area contributed by atoms with Gasteiger partial charge in [-0.15, -0.1) is 5.10 Å². The van der Waals surface area contributed by atoms with Crippen molar-refractivity contribution in [3.8, 4) is 0 Å². The van der Waals surface area contributed by atoms with Crippen LogP contribution < -0.4 is 5.32 Å². The predicted octanol–water partition coefficient (Wildman–Crippen LogP) is 1.81. The molecule has 0 unspecified atom stereocenters. The van der Waals surface area contributed by atoms with Crippen molar-refractivity contribution in [3.05, 3.63) is 53.1 Å².